The van der Waals surface area contributed by atoms with Crippen molar-refractivity contribution in [1.29, 1.82) is 0 Å². The maximum atomic E-state index is 12.5. The molecule has 1 aromatic heterocycles. The van der Waals surface area contributed by atoms with E-state index in [-0.39, 0.29) is 11.9 Å². The molecule has 0 aliphatic heterocycles. The first kappa shape index (κ1) is 16.7. The molecule has 1 aliphatic rings. The highest BCUT2D eigenvalue weighted by molar-refractivity contribution is 7.17. The molecule has 126 valence electrons. The van der Waals surface area contributed by atoms with Crippen molar-refractivity contribution < 1.29 is 14.3 Å². The van der Waals surface area contributed by atoms with Crippen LogP contribution in [-0.4, -0.2) is 19.0 Å². The number of esters is 1. The molecule has 0 unspecified atom stereocenters. The lowest BCUT2D eigenvalue weighted by Crippen LogP contribution is -2.17. The van der Waals surface area contributed by atoms with Gasteiger partial charge in [0, 0.05) is 4.88 Å². The van der Waals surface area contributed by atoms with Gasteiger partial charge in [0.05, 0.1) is 19.1 Å². The largest absolute Gasteiger partial charge is 0.465 e. The first-order valence-corrected chi connectivity index (χ1v) is 8.99. The molecule has 0 saturated carbocycles. The summed E-state index contributed by atoms with van der Waals surface area (Å²) >= 11 is 1.52. The SMILES string of the molecule is COC(=O)c1c(NC(=O)Cc2ccccc2C)sc2c1CCCC2. The quantitative estimate of drug-likeness (QED) is 0.857. The normalized spacial score (nSPS) is 13.2. The van der Waals surface area contributed by atoms with E-state index in [1.807, 2.05) is 31.2 Å². The Kier molecular flexibility index (Phi) is 5.00. The number of nitrogens with one attached hydrogen (secondary N) is 1. The number of carbonyl (C=O) groups excluding carboxylic acids is 2. The molecule has 5 heteroatoms. The zero-order valence-electron chi connectivity index (χ0n) is 14.0. The number of rotatable bonds is 4. The lowest BCUT2D eigenvalue weighted by molar-refractivity contribution is -0.115. The molecule has 0 fully saturated rings. The Morgan fingerprint density at radius 2 is 1.96 bits per heavy atom. The second-order valence-corrected chi connectivity index (χ2v) is 7.16. The van der Waals surface area contributed by atoms with Gasteiger partial charge in [0.2, 0.25) is 5.91 Å². The van der Waals surface area contributed by atoms with Gasteiger partial charge >= 0.3 is 5.97 Å². The topological polar surface area (TPSA) is 55.4 Å². The molecule has 0 radical (unpaired) electrons. The molecular weight excluding hydrogens is 322 g/mol. The number of carbonyl (C=O) groups is 2. The molecule has 1 heterocycles. The summed E-state index contributed by atoms with van der Waals surface area (Å²) in [6, 6.07) is 7.83. The van der Waals surface area contributed by atoms with Crippen molar-refractivity contribution in [3.8, 4) is 0 Å². The van der Waals surface area contributed by atoms with E-state index in [0.29, 0.717) is 17.0 Å². The summed E-state index contributed by atoms with van der Waals surface area (Å²) in [4.78, 5) is 25.8. The zero-order chi connectivity index (χ0) is 17.1. The lowest BCUT2D eigenvalue weighted by Gasteiger charge is -2.12. The van der Waals surface area contributed by atoms with Crippen LogP contribution in [0.3, 0.4) is 0 Å². The zero-order valence-corrected chi connectivity index (χ0v) is 14.8. The third kappa shape index (κ3) is 3.36. The Balaban J connectivity index is 1.84. The van der Waals surface area contributed by atoms with Crippen LogP contribution in [0.25, 0.3) is 0 Å². The van der Waals surface area contributed by atoms with Crippen LogP contribution in [0.2, 0.25) is 0 Å². The van der Waals surface area contributed by atoms with E-state index in [9.17, 15) is 9.59 Å². The van der Waals surface area contributed by atoms with Gasteiger partial charge in [-0.15, -0.1) is 11.3 Å². The average molecular weight is 343 g/mol. The van der Waals surface area contributed by atoms with E-state index >= 15 is 0 Å². The van der Waals surface area contributed by atoms with Gasteiger partial charge in [0.1, 0.15) is 5.00 Å². The highest BCUT2D eigenvalue weighted by atomic mass is 32.1. The molecule has 2 aromatic rings. The number of thiophene rings is 1. The van der Waals surface area contributed by atoms with Gasteiger partial charge in [-0.05, 0) is 49.3 Å². The average Bonchev–Trinajstić information content (AvgIpc) is 2.94. The van der Waals surface area contributed by atoms with E-state index in [4.69, 9.17) is 4.74 Å². The van der Waals surface area contributed by atoms with Crippen LogP contribution in [0.5, 0.6) is 0 Å². The second kappa shape index (κ2) is 7.18. The molecule has 0 saturated heterocycles. The first-order chi connectivity index (χ1) is 11.6. The number of amides is 1. The molecule has 1 aliphatic carbocycles. The molecule has 4 nitrogen and oxygen atoms in total. The maximum Gasteiger partial charge on any atom is 0.341 e. The Morgan fingerprint density at radius 1 is 1.21 bits per heavy atom. The minimum atomic E-state index is -0.361. The molecule has 3 rings (SSSR count). The number of methoxy groups -OCH3 is 1. The van der Waals surface area contributed by atoms with Crippen LogP contribution in [-0.2, 0) is 28.8 Å². The number of hydrogen-bond donors (Lipinski definition) is 1. The number of benzene rings is 1. The predicted molar refractivity (Wildman–Crippen MR) is 95.8 cm³/mol. The monoisotopic (exact) mass is 343 g/mol. The number of fused-ring (bicyclic) bond motifs is 1. The van der Waals surface area contributed by atoms with Crippen molar-refractivity contribution in [3.05, 3.63) is 51.4 Å². The Morgan fingerprint density at radius 3 is 2.71 bits per heavy atom. The summed E-state index contributed by atoms with van der Waals surface area (Å²) in [5, 5.41) is 3.57. The summed E-state index contributed by atoms with van der Waals surface area (Å²) < 4.78 is 4.94. The molecule has 0 atom stereocenters. The van der Waals surface area contributed by atoms with Crippen molar-refractivity contribution in [2.24, 2.45) is 0 Å². The van der Waals surface area contributed by atoms with Crippen LogP contribution < -0.4 is 5.32 Å². The molecule has 1 aromatic carbocycles. The van der Waals surface area contributed by atoms with Crippen molar-refractivity contribution in [1.82, 2.24) is 0 Å². The Labute approximate surface area is 145 Å². The summed E-state index contributed by atoms with van der Waals surface area (Å²) in [5.74, 6) is -0.464. The highest BCUT2D eigenvalue weighted by Gasteiger charge is 2.26. The third-order valence-corrected chi connectivity index (χ3v) is 5.63. The fourth-order valence-corrected chi connectivity index (χ4v) is 4.42. The van der Waals surface area contributed by atoms with Crippen molar-refractivity contribution in [3.63, 3.8) is 0 Å². The number of ether oxygens (including phenoxy) is 1. The fourth-order valence-electron chi connectivity index (χ4n) is 3.12. The first-order valence-electron chi connectivity index (χ1n) is 8.17. The van der Waals surface area contributed by atoms with Gasteiger partial charge in [-0.3, -0.25) is 4.79 Å². The van der Waals surface area contributed by atoms with Gasteiger partial charge in [-0.25, -0.2) is 4.79 Å². The number of hydrogen-bond acceptors (Lipinski definition) is 4. The molecular formula is C19H21NO3S. The maximum absolute atomic E-state index is 12.5. The van der Waals surface area contributed by atoms with Crippen LogP contribution in [0, 0.1) is 6.92 Å². The van der Waals surface area contributed by atoms with Crippen molar-refractivity contribution >= 4 is 28.2 Å². The van der Waals surface area contributed by atoms with Crippen LogP contribution in [0.4, 0.5) is 5.00 Å². The van der Waals surface area contributed by atoms with E-state index in [1.54, 1.807) is 0 Å². The molecule has 0 spiro atoms. The molecule has 0 bridgehead atoms. The van der Waals surface area contributed by atoms with E-state index in [0.717, 1.165) is 42.4 Å². The van der Waals surface area contributed by atoms with E-state index in [1.165, 1.54) is 23.3 Å². The van der Waals surface area contributed by atoms with Crippen LogP contribution >= 0.6 is 11.3 Å². The minimum absolute atomic E-state index is 0.104. The summed E-state index contributed by atoms with van der Waals surface area (Å²) in [6.07, 6.45) is 4.35. The summed E-state index contributed by atoms with van der Waals surface area (Å²) in [7, 11) is 1.38. The van der Waals surface area contributed by atoms with Crippen LogP contribution in [0.1, 0.15) is 44.8 Å². The highest BCUT2D eigenvalue weighted by Crippen LogP contribution is 2.38. The number of aryl methyl sites for hydroxylation is 2. The third-order valence-electron chi connectivity index (χ3n) is 4.43. The van der Waals surface area contributed by atoms with Gasteiger partial charge in [-0.2, -0.15) is 0 Å². The molecule has 24 heavy (non-hydrogen) atoms. The Hall–Kier alpha value is -2.14. The minimum Gasteiger partial charge on any atom is -0.465 e. The second-order valence-electron chi connectivity index (χ2n) is 6.06. The lowest BCUT2D eigenvalue weighted by atomic mass is 9.95. The fraction of sp³-hybridized carbons (Fsp3) is 0.368. The van der Waals surface area contributed by atoms with Gasteiger partial charge in [-0.1, -0.05) is 24.3 Å². The van der Waals surface area contributed by atoms with Crippen molar-refractivity contribution in [2.45, 2.75) is 39.0 Å². The van der Waals surface area contributed by atoms with Gasteiger partial charge in [0.25, 0.3) is 0 Å². The standard InChI is InChI=1S/C19H21NO3S/c1-12-7-3-4-8-13(12)11-16(21)20-18-17(19(22)23-2)14-9-5-6-10-15(14)24-18/h3-4,7-8H,5-6,9-11H2,1-2H3,(H,20,21). The summed E-state index contributed by atoms with van der Waals surface area (Å²) in [5.41, 5.74) is 3.70. The van der Waals surface area contributed by atoms with Gasteiger partial charge < -0.3 is 10.1 Å². The number of anilines is 1. The predicted octanol–water partition coefficient (Wildman–Crippen LogP) is 3.90. The molecule has 1 amide bonds. The smallest absolute Gasteiger partial charge is 0.341 e. The van der Waals surface area contributed by atoms with E-state index < -0.39 is 0 Å². The van der Waals surface area contributed by atoms with Crippen molar-refractivity contribution in [2.75, 3.05) is 12.4 Å². The molecule has 1 N–H and O–H groups in total. The van der Waals surface area contributed by atoms with Gasteiger partial charge in [0.15, 0.2) is 0 Å². The van der Waals surface area contributed by atoms with E-state index in [2.05, 4.69) is 5.32 Å². The van der Waals surface area contributed by atoms with Crippen LogP contribution in [0.15, 0.2) is 24.3 Å². The Bertz CT molecular complexity index is 779. The summed E-state index contributed by atoms with van der Waals surface area (Å²) in [6.45, 7) is 1.99.